The number of nitrogens with two attached hydrogens (primary N) is 1. The van der Waals surface area contributed by atoms with Gasteiger partial charge in [0.15, 0.2) is 0 Å². The van der Waals surface area contributed by atoms with Crippen molar-refractivity contribution in [3.8, 4) is 0 Å². The van der Waals surface area contributed by atoms with Crippen LogP contribution in [-0.2, 0) is 6.42 Å². The summed E-state index contributed by atoms with van der Waals surface area (Å²) in [5, 5.41) is 0. The van der Waals surface area contributed by atoms with Crippen LogP contribution in [0.2, 0.25) is 0 Å². The Balaban J connectivity index is 2.09. The topological polar surface area (TPSA) is 26.0 Å². The third-order valence-electron chi connectivity index (χ3n) is 4.47. The Morgan fingerprint density at radius 1 is 1.30 bits per heavy atom. The molecule has 0 heterocycles. The molecular weight excluding hydrogens is 324 g/mol. The van der Waals surface area contributed by atoms with Crippen LogP contribution in [0.4, 0.5) is 8.78 Å². The zero-order chi connectivity index (χ0) is 14.8. The van der Waals surface area contributed by atoms with Crippen LogP contribution < -0.4 is 5.73 Å². The first-order valence-corrected chi connectivity index (χ1v) is 8.16. The van der Waals surface area contributed by atoms with E-state index < -0.39 is 17.2 Å². The molecule has 1 aromatic carbocycles. The molecule has 1 aliphatic rings. The van der Waals surface area contributed by atoms with E-state index in [2.05, 4.69) is 22.9 Å². The van der Waals surface area contributed by atoms with E-state index in [1.54, 1.807) is 0 Å². The Morgan fingerprint density at radius 3 is 2.55 bits per heavy atom. The first-order chi connectivity index (χ1) is 9.45. The molecule has 0 amide bonds. The van der Waals surface area contributed by atoms with Gasteiger partial charge in [0.25, 0.3) is 0 Å². The van der Waals surface area contributed by atoms with Gasteiger partial charge >= 0.3 is 0 Å². The predicted molar refractivity (Wildman–Crippen MR) is 81.5 cm³/mol. The summed E-state index contributed by atoms with van der Waals surface area (Å²) in [5.41, 5.74) is 6.04. The lowest BCUT2D eigenvalue weighted by atomic mass is 9.73. The van der Waals surface area contributed by atoms with Crippen molar-refractivity contribution < 1.29 is 8.78 Å². The molecule has 0 saturated heterocycles. The summed E-state index contributed by atoms with van der Waals surface area (Å²) in [7, 11) is 0. The molecule has 2 N–H and O–H groups in total. The van der Waals surface area contributed by atoms with E-state index in [1.807, 2.05) is 0 Å². The van der Waals surface area contributed by atoms with Gasteiger partial charge in [-0.2, -0.15) is 0 Å². The maximum absolute atomic E-state index is 14.0. The van der Waals surface area contributed by atoms with E-state index in [-0.39, 0.29) is 12.0 Å². The number of halogens is 3. The number of rotatable bonds is 4. The van der Waals surface area contributed by atoms with Crippen molar-refractivity contribution in [2.24, 2.45) is 11.7 Å². The quantitative estimate of drug-likeness (QED) is 0.767. The average molecular weight is 346 g/mol. The van der Waals surface area contributed by atoms with E-state index in [0.717, 1.165) is 31.6 Å². The van der Waals surface area contributed by atoms with Crippen LogP contribution >= 0.6 is 15.9 Å². The van der Waals surface area contributed by atoms with Crippen molar-refractivity contribution in [2.75, 3.05) is 0 Å². The second-order valence-electron chi connectivity index (χ2n) is 6.09. The molecule has 1 aliphatic carbocycles. The van der Waals surface area contributed by atoms with Crippen LogP contribution in [-0.4, -0.2) is 5.54 Å². The monoisotopic (exact) mass is 345 g/mol. The summed E-state index contributed by atoms with van der Waals surface area (Å²) in [6.07, 6.45) is 6.55. The fourth-order valence-electron chi connectivity index (χ4n) is 3.21. The molecule has 0 bridgehead atoms. The van der Waals surface area contributed by atoms with Crippen LogP contribution in [0.25, 0.3) is 0 Å². The highest BCUT2D eigenvalue weighted by atomic mass is 79.9. The normalized spacial score (nSPS) is 26.8. The highest BCUT2D eigenvalue weighted by molar-refractivity contribution is 9.10. The second-order valence-corrected chi connectivity index (χ2v) is 6.95. The zero-order valence-corrected chi connectivity index (χ0v) is 13.5. The largest absolute Gasteiger partial charge is 0.325 e. The molecule has 1 aromatic rings. The van der Waals surface area contributed by atoms with E-state index in [0.29, 0.717) is 4.47 Å². The number of benzene rings is 1. The van der Waals surface area contributed by atoms with Crippen LogP contribution in [0.15, 0.2) is 16.6 Å². The fourth-order valence-corrected chi connectivity index (χ4v) is 3.58. The highest BCUT2D eigenvalue weighted by Crippen LogP contribution is 2.36. The molecule has 1 fully saturated rings. The SMILES string of the molecule is CCCC1CCC(N)(Cc2c(F)ccc(Br)c2F)CC1. The number of hydrogen-bond acceptors (Lipinski definition) is 1. The minimum absolute atomic E-state index is 0.121. The molecule has 0 atom stereocenters. The average Bonchev–Trinajstić information content (AvgIpc) is 2.43. The van der Waals surface area contributed by atoms with Crippen molar-refractivity contribution in [2.45, 2.75) is 57.4 Å². The van der Waals surface area contributed by atoms with Crippen LogP contribution in [0.5, 0.6) is 0 Å². The van der Waals surface area contributed by atoms with Gasteiger partial charge in [-0.1, -0.05) is 19.8 Å². The number of hydrogen-bond donors (Lipinski definition) is 1. The van der Waals surface area contributed by atoms with Gasteiger partial charge in [0, 0.05) is 11.1 Å². The molecule has 0 spiro atoms. The minimum atomic E-state index is -0.509. The maximum atomic E-state index is 14.0. The van der Waals surface area contributed by atoms with E-state index in [1.165, 1.54) is 25.0 Å². The summed E-state index contributed by atoms with van der Waals surface area (Å²) in [5.74, 6) is -0.273. The molecule has 4 heteroatoms. The lowest BCUT2D eigenvalue weighted by molar-refractivity contribution is 0.220. The van der Waals surface area contributed by atoms with Crippen molar-refractivity contribution in [3.63, 3.8) is 0 Å². The third-order valence-corrected chi connectivity index (χ3v) is 5.08. The molecule has 20 heavy (non-hydrogen) atoms. The standard InChI is InChI=1S/C16H22BrF2N/c1-2-3-11-6-8-16(20,9-7-11)10-12-14(18)5-4-13(17)15(12)19/h4-5,11H,2-3,6-10,20H2,1H3. The molecule has 0 unspecified atom stereocenters. The molecule has 1 saturated carbocycles. The van der Waals surface area contributed by atoms with Gasteiger partial charge in [-0.3, -0.25) is 0 Å². The Kier molecular flexibility index (Phi) is 5.19. The van der Waals surface area contributed by atoms with Gasteiger partial charge in [0.2, 0.25) is 0 Å². The highest BCUT2D eigenvalue weighted by Gasteiger charge is 2.33. The fraction of sp³-hybridized carbons (Fsp3) is 0.625. The summed E-state index contributed by atoms with van der Waals surface area (Å²) < 4.78 is 28.2. The molecule has 1 nitrogen and oxygen atoms in total. The summed E-state index contributed by atoms with van der Waals surface area (Å²) in [6, 6.07) is 2.70. The lowest BCUT2D eigenvalue weighted by Crippen LogP contribution is -2.45. The minimum Gasteiger partial charge on any atom is -0.325 e. The smallest absolute Gasteiger partial charge is 0.143 e. The van der Waals surface area contributed by atoms with Crippen LogP contribution in [0.3, 0.4) is 0 Å². The van der Waals surface area contributed by atoms with Crippen molar-refractivity contribution in [3.05, 3.63) is 33.8 Å². The second kappa shape index (κ2) is 6.52. The van der Waals surface area contributed by atoms with Gasteiger partial charge < -0.3 is 5.73 Å². The molecule has 112 valence electrons. The maximum Gasteiger partial charge on any atom is 0.143 e. The first-order valence-electron chi connectivity index (χ1n) is 7.36. The summed E-state index contributed by atoms with van der Waals surface area (Å²) in [6.45, 7) is 2.19. The Hall–Kier alpha value is -0.480. The molecule has 0 radical (unpaired) electrons. The van der Waals surface area contributed by atoms with Gasteiger partial charge in [-0.05, 0) is 66.1 Å². The van der Waals surface area contributed by atoms with E-state index in [9.17, 15) is 8.78 Å². The van der Waals surface area contributed by atoms with E-state index in [4.69, 9.17) is 5.73 Å². The van der Waals surface area contributed by atoms with Gasteiger partial charge in [-0.25, -0.2) is 8.78 Å². The van der Waals surface area contributed by atoms with Gasteiger partial charge in [-0.15, -0.1) is 0 Å². The Morgan fingerprint density at radius 2 is 1.95 bits per heavy atom. The van der Waals surface area contributed by atoms with Crippen LogP contribution in [0.1, 0.15) is 51.0 Å². The van der Waals surface area contributed by atoms with Crippen molar-refractivity contribution in [1.29, 1.82) is 0 Å². The van der Waals surface area contributed by atoms with Crippen LogP contribution in [0, 0.1) is 17.6 Å². The molecular formula is C16H22BrF2N. The van der Waals surface area contributed by atoms with Gasteiger partial charge in [0.05, 0.1) is 4.47 Å². The van der Waals surface area contributed by atoms with E-state index >= 15 is 0 Å². The summed E-state index contributed by atoms with van der Waals surface area (Å²) in [4.78, 5) is 0. The van der Waals surface area contributed by atoms with Crippen molar-refractivity contribution >= 4 is 15.9 Å². The predicted octanol–water partition coefficient (Wildman–Crippen LogP) is 4.96. The molecule has 0 aromatic heterocycles. The van der Waals surface area contributed by atoms with Crippen molar-refractivity contribution in [1.82, 2.24) is 0 Å². The summed E-state index contributed by atoms with van der Waals surface area (Å²) >= 11 is 3.11. The zero-order valence-electron chi connectivity index (χ0n) is 11.9. The molecule has 0 aliphatic heterocycles. The lowest BCUT2D eigenvalue weighted by Gasteiger charge is -2.37. The Bertz CT molecular complexity index is 468. The molecule has 2 rings (SSSR count). The third kappa shape index (κ3) is 3.59. The first kappa shape index (κ1) is 15.9. The Labute approximate surface area is 128 Å². The van der Waals surface area contributed by atoms with Gasteiger partial charge in [0.1, 0.15) is 11.6 Å².